The monoisotopic (exact) mass is 264 g/mol. The molecule has 0 aliphatic carbocycles. The summed E-state index contributed by atoms with van der Waals surface area (Å²) < 4.78 is 10.3. The van der Waals surface area contributed by atoms with Crippen molar-refractivity contribution in [1.82, 2.24) is 0 Å². The lowest BCUT2D eigenvalue weighted by molar-refractivity contribution is -0.156. The summed E-state index contributed by atoms with van der Waals surface area (Å²) in [6, 6.07) is 3.31. The van der Waals surface area contributed by atoms with E-state index in [1.165, 1.54) is 6.26 Å². The Hall–Kier alpha value is -0.670. The lowest BCUT2D eigenvalue weighted by Crippen LogP contribution is -2.30. The Labute approximate surface area is 105 Å². The maximum Gasteiger partial charge on any atom is 0.319 e. The van der Waals surface area contributed by atoms with Gasteiger partial charge in [-0.1, -0.05) is 0 Å². The summed E-state index contributed by atoms with van der Waals surface area (Å²) in [6.07, 6.45) is 1.46. The molecule has 5 heteroatoms. The van der Waals surface area contributed by atoms with Crippen LogP contribution < -0.4 is 0 Å². The number of hydrogen-bond donors (Lipinski definition) is 0. The van der Waals surface area contributed by atoms with E-state index in [0.717, 1.165) is 0 Å². The molecule has 0 saturated heterocycles. The molecule has 0 saturated carbocycles. The number of rotatable bonds is 3. The van der Waals surface area contributed by atoms with Gasteiger partial charge in [0.2, 0.25) is 0 Å². The molecule has 16 heavy (non-hydrogen) atoms. The van der Waals surface area contributed by atoms with Crippen molar-refractivity contribution in [3.8, 4) is 0 Å². The normalized spacial score (nSPS) is 13.9. The zero-order chi connectivity index (χ0) is 12.3. The summed E-state index contributed by atoms with van der Waals surface area (Å²) in [7, 11) is 0. The molecule has 0 fully saturated rings. The number of ether oxygens (including phenoxy) is 1. The second-order valence-corrected chi connectivity index (χ2v) is 5.52. The first-order valence-electron chi connectivity index (χ1n) is 4.85. The minimum Gasteiger partial charge on any atom is -0.468 e. The number of esters is 1. The average Bonchev–Trinajstić information content (AvgIpc) is 2.52. The van der Waals surface area contributed by atoms with Crippen molar-refractivity contribution >= 4 is 29.2 Å². The molecule has 0 aliphatic heterocycles. The van der Waals surface area contributed by atoms with Crippen molar-refractivity contribution < 1.29 is 13.9 Å². The Balaban J connectivity index is 2.84. The molecule has 0 aliphatic rings. The van der Waals surface area contributed by atoms with Gasteiger partial charge in [0.05, 0.1) is 6.26 Å². The van der Waals surface area contributed by atoms with Crippen molar-refractivity contribution in [2.45, 2.75) is 37.1 Å². The Morgan fingerprint density at radius 3 is 2.44 bits per heavy atom. The summed E-state index contributed by atoms with van der Waals surface area (Å²) in [4.78, 5) is 10.9. The first-order valence-corrected chi connectivity index (χ1v) is 5.73. The Morgan fingerprint density at radius 1 is 1.44 bits per heavy atom. The lowest BCUT2D eigenvalue weighted by Gasteiger charge is -2.23. The van der Waals surface area contributed by atoms with Crippen LogP contribution in [0, 0.1) is 0 Å². The molecule has 1 rings (SSSR count). The fourth-order valence-corrected chi connectivity index (χ4v) is 1.63. The van der Waals surface area contributed by atoms with Gasteiger partial charge in [-0.25, -0.2) is 0 Å². The molecule has 1 aromatic rings. The van der Waals surface area contributed by atoms with Gasteiger partial charge in [-0.3, -0.25) is 4.79 Å². The topological polar surface area (TPSA) is 39.4 Å². The van der Waals surface area contributed by atoms with Gasteiger partial charge in [-0.15, -0.1) is 23.2 Å². The van der Waals surface area contributed by atoms with Gasteiger partial charge in [-0.2, -0.15) is 0 Å². The van der Waals surface area contributed by atoms with Gasteiger partial charge in [0.1, 0.15) is 22.1 Å². The summed E-state index contributed by atoms with van der Waals surface area (Å²) in [5.41, 5.74) is -0.579. The van der Waals surface area contributed by atoms with E-state index in [0.29, 0.717) is 5.76 Å². The number of carbonyl (C=O) groups excluding carboxylic acids is 1. The standard InChI is InChI=1S/C11H14Cl2O3/c1-11(2,3)16-10(14)8(9(12)13)7-5-4-6-15-7/h4-6,8-9H,1-3H3. The molecule has 1 aromatic heterocycles. The maximum atomic E-state index is 11.8. The number of carbonyl (C=O) groups is 1. The third-order valence-electron chi connectivity index (χ3n) is 1.76. The van der Waals surface area contributed by atoms with Crippen LogP contribution in [-0.4, -0.2) is 16.4 Å². The van der Waals surface area contributed by atoms with Gasteiger partial charge >= 0.3 is 5.97 Å². The molecule has 3 nitrogen and oxygen atoms in total. The van der Waals surface area contributed by atoms with Crippen LogP contribution in [0.15, 0.2) is 22.8 Å². The predicted molar refractivity (Wildman–Crippen MR) is 62.8 cm³/mol. The fourth-order valence-electron chi connectivity index (χ4n) is 1.18. The lowest BCUT2D eigenvalue weighted by atomic mass is 10.1. The molecular formula is C11H14Cl2O3. The van der Waals surface area contributed by atoms with E-state index in [1.54, 1.807) is 32.9 Å². The highest BCUT2D eigenvalue weighted by Crippen LogP contribution is 2.29. The SMILES string of the molecule is CC(C)(C)OC(=O)C(c1ccco1)C(Cl)Cl. The zero-order valence-electron chi connectivity index (χ0n) is 9.37. The Bertz CT molecular complexity index is 339. The minimum atomic E-state index is -0.902. The average molecular weight is 265 g/mol. The largest absolute Gasteiger partial charge is 0.468 e. The first-order chi connectivity index (χ1) is 7.31. The highest BCUT2D eigenvalue weighted by Gasteiger charge is 2.33. The van der Waals surface area contributed by atoms with Crippen molar-refractivity contribution in [3.63, 3.8) is 0 Å². The van der Waals surface area contributed by atoms with Crippen molar-refractivity contribution in [2.24, 2.45) is 0 Å². The molecule has 0 amide bonds. The number of halogens is 2. The third-order valence-corrected chi connectivity index (χ3v) is 2.27. The van der Waals surface area contributed by atoms with E-state index in [4.69, 9.17) is 32.4 Å². The van der Waals surface area contributed by atoms with Crippen LogP contribution in [0.2, 0.25) is 0 Å². The second-order valence-electron chi connectivity index (χ2n) is 4.36. The van der Waals surface area contributed by atoms with Gasteiger partial charge in [0, 0.05) is 0 Å². The molecule has 0 aromatic carbocycles. The predicted octanol–water partition coefficient (Wildman–Crippen LogP) is 3.51. The molecule has 0 bridgehead atoms. The minimum absolute atomic E-state index is 0.407. The van der Waals surface area contributed by atoms with Crippen LogP contribution in [0.5, 0.6) is 0 Å². The summed E-state index contributed by atoms with van der Waals surface area (Å²) >= 11 is 11.5. The number of furan rings is 1. The number of hydrogen-bond acceptors (Lipinski definition) is 3. The Kier molecular flexibility index (Phi) is 4.28. The number of alkyl halides is 2. The van der Waals surface area contributed by atoms with Crippen LogP contribution in [0.25, 0.3) is 0 Å². The van der Waals surface area contributed by atoms with Crippen molar-refractivity contribution in [2.75, 3.05) is 0 Å². The van der Waals surface area contributed by atoms with Crippen LogP contribution in [0.1, 0.15) is 32.4 Å². The molecule has 1 atom stereocenters. The van der Waals surface area contributed by atoms with Crippen LogP contribution in [0.4, 0.5) is 0 Å². The van der Waals surface area contributed by atoms with E-state index in [-0.39, 0.29) is 0 Å². The summed E-state index contributed by atoms with van der Waals surface area (Å²) in [5.74, 6) is -0.876. The quantitative estimate of drug-likeness (QED) is 0.620. The molecule has 0 N–H and O–H groups in total. The molecule has 0 spiro atoms. The van der Waals surface area contributed by atoms with Gasteiger partial charge in [-0.05, 0) is 32.9 Å². The highest BCUT2D eigenvalue weighted by molar-refractivity contribution is 6.45. The zero-order valence-corrected chi connectivity index (χ0v) is 10.9. The summed E-state index contributed by atoms with van der Waals surface area (Å²) in [6.45, 7) is 5.34. The molecular weight excluding hydrogens is 251 g/mol. The van der Waals surface area contributed by atoms with Gasteiger partial charge in [0.15, 0.2) is 0 Å². The fraction of sp³-hybridized carbons (Fsp3) is 0.545. The molecule has 1 unspecified atom stereocenters. The van der Waals surface area contributed by atoms with E-state index in [1.807, 2.05) is 0 Å². The van der Waals surface area contributed by atoms with Crippen LogP contribution in [-0.2, 0) is 9.53 Å². The van der Waals surface area contributed by atoms with Crippen LogP contribution >= 0.6 is 23.2 Å². The van der Waals surface area contributed by atoms with Crippen molar-refractivity contribution in [3.05, 3.63) is 24.2 Å². The van der Waals surface area contributed by atoms with Gasteiger partial charge in [0.25, 0.3) is 0 Å². The highest BCUT2D eigenvalue weighted by atomic mass is 35.5. The molecule has 0 radical (unpaired) electrons. The van der Waals surface area contributed by atoms with E-state index in [2.05, 4.69) is 0 Å². The third kappa shape index (κ3) is 3.72. The first kappa shape index (κ1) is 13.4. The Morgan fingerprint density at radius 2 is 2.06 bits per heavy atom. The van der Waals surface area contributed by atoms with E-state index >= 15 is 0 Å². The van der Waals surface area contributed by atoms with Crippen molar-refractivity contribution in [1.29, 1.82) is 0 Å². The van der Waals surface area contributed by atoms with E-state index < -0.39 is 22.3 Å². The summed E-state index contributed by atoms with van der Waals surface area (Å²) in [5, 5.41) is 0. The molecule has 90 valence electrons. The molecule has 1 heterocycles. The van der Waals surface area contributed by atoms with Gasteiger partial charge < -0.3 is 9.15 Å². The maximum absolute atomic E-state index is 11.8. The second kappa shape index (κ2) is 5.11. The smallest absolute Gasteiger partial charge is 0.319 e. The van der Waals surface area contributed by atoms with Crippen LogP contribution in [0.3, 0.4) is 0 Å². The van der Waals surface area contributed by atoms with E-state index in [9.17, 15) is 4.79 Å².